The molecule has 0 atom stereocenters. The molecule has 0 spiro atoms. The lowest BCUT2D eigenvalue weighted by Gasteiger charge is -1.95. The van der Waals surface area contributed by atoms with Gasteiger partial charge < -0.3 is 14.9 Å². The van der Waals surface area contributed by atoms with Gasteiger partial charge in [0.2, 0.25) is 5.76 Å². The molecule has 1 aromatic rings. The smallest absolute Gasteiger partial charge is 0.374 e. The molecular weight excluding hydrogens is 182 g/mol. The second-order valence-electron chi connectivity index (χ2n) is 1.96. The van der Waals surface area contributed by atoms with Gasteiger partial charge in [-0.1, -0.05) is 0 Å². The maximum atomic E-state index is 10.9. The highest BCUT2D eigenvalue weighted by Gasteiger charge is 2.09. The molecule has 0 bridgehead atoms. The number of carbonyl (C=O) groups excluding carboxylic acids is 1. The first-order chi connectivity index (χ1) is 5.24. The molecule has 4 nitrogen and oxygen atoms in total. The average Bonchev–Trinajstić information content (AvgIpc) is 2.36. The zero-order valence-corrected chi connectivity index (χ0v) is 7.39. The molecule has 0 fully saturated rings. The number of nitrogen functional groups attached to an aromatic ring is 1. The van der Waals surface area contributed by atoms with Gasteiger partial charge in [-0.3, -0.25) is 0 Å². The lowest BCUT2D eigenvalue weighted by molar-refractivity contribution is 0.0490. The van der Waals surface area contributed by atoms with Crippen molar-refractivity contribution in [2.45, 2.75) is 6.92 Å². The van der Waals surface area contributed by atoms with E-state index >= 15 is 0 Å². The molecule has 0 aliphatic heterocycles. The Bertz CT molecular complexity index is 259. The molecule has 1 aromatic heterocycles. The van der Waals surface area contributed by atoms with Crippen LogP contribution in [-0.2, 0) is 4.74 Å². The maximum Gasteiger partial charge on any atom is 0.374 e. The van der Waals surface area contributed by atoms with Gasteiger partial charge in [0, 0.05) is 6.07 Å². The minimum absolute atomic E-state index is 0. The number of anilines is 1. The minimum atomic E-state index is -0.482. The van der Waals surface area contributed by atoms with Gasteiger partial charge >= 0.3 is 5.97 Å². The molecule has 0 unspecified atom stereocenters. The molecule has 0 aliphatic carbocycles. The fraction of sp³-hybridized carbons (Fsp3) is 0.286. The van der Waals surface area contributed by atoms with Gasteiger partial charge in [0.25, 0.3) is 0 Å². The molecule has 0 saturated carbocycles. The van der Waals surface area contributed by atoms with Crippen LogP contribution in [0.5, 0.6) is 0 Å². The molecule has 1 heterocycles. The Balaban J connectivity index is 0.00000121. The Morgan fingerprint density at radius 3 is 2.83 bits per heavy atom. The van der Waals surface area contributed by atoms with Gasteiger partial charge in [0.1, 0.15) is 6.26 Å². The van der Waals surface area contributed by atoms with Crippen LogP contribution in [0.15, 0.2) is 16.7 Å². The van der Waals surface area contributed by atoms with E-state index in [1.165, 1.54) is 12.3 Å². The summed E-state index contributed by atoms with van der Waals surface area (Å²) in [6.45, 7) is 2.06. The van der Waals surface area contributed by atoms with Gasteiger partial charge in [0.15, 0.2) is 0 Å². The van der Waals surface area contributed by atoms with E-state index in [9.17, 15) is 4.79 Å². The van der Waals surface area contributed by atoms with Crippen LogP contribution in [-0.4, -0.2) is 12.6 Å². The zero-order chi connectivity index (χ0) is 8.27. The third kappa shape index (κ3) is 2.47. The summed E-state index contributed by atoms with van der Waals surface area (Å²) >= 11 is 0. The fourth-order valence-corrected chi connectivity index (χ4v) is 0.660. The molecule has 0 amide bonds. The second-order valence-corrected chi connectivity index (χ2v) is 1.96. The van der Waals surface area contributed by atoms with E-state index in [-0.39, 0.29) is 18.2 Å². The van der Waals surface area contributed by atoms with Gasteiger partial charge in [-0.2, -0.15) is 0 Å². The topological polar surface area (TPSA) is 65.5 Å². The summed E-state index contributed by atoms with van der Waals surface area (Å²) in [7, 11) is 0. The van der Waals surface area contributed by atoms with Crippen LogP contribution in [0.25, 0.3) is 0 Å². The predicted molar refractivity (Wildman–Crippen MR) is 46.3 cm³/mol. The molecule has 68 valence electrons. The number of rotatable bonds is 2. The van der Waals surface area contributed by atoms with Crippen molar-refractivity contribution < 1.29 is 13.9 Å². The summed E-state index contributed by atoms with van der Waals surface area (Å²) in [6.07, 6.45) is 1.30. The highest BCUT2D eigenvalue weighted by molar-refractivity contribution is 5.87. The summed E-state index contributed by atoms with van der Waals surface area (Å²) in [6, 6.07) is 1.43. The van der Waals surface area contributed by atoms with Crippen molar-refractivity contribution in [3.05, 3.63) is 18.1 Å². The normalized spacial score (nSPS) is 8.75. The Morgan fingerprint density at radius 1 is 1.75 bits per heavy atom. The molecule has 12 heavy (non-hydrogen) atoms. The van der Waals surface area contributed by atoms with Crippen molar-refractivity contribution in [2.75, 3.05) is 12.3 Å². The first-order valence-electron chi connectivity index (χ1n) is 3.25. The number of nitrogens with two attached hydrogens (primary N) is 1. The number of ether oxygens (including phenoxy) is 1. The van der Waals surface area contributed by atoms with Crippen molar-refractivity contribution >= 4 is 24.1 Å². The van der Waals surface area contributed by atoms with Crippen LogP contribution >= 0.6 is 12.4 Å². The Labute approximate surface area is 76.1 Å². The number of furan rings is 1. The number of hydrogen-bond donors (Lipinski definition) is 1. The van der Waals surface area contributed by atoms with Gasteiger partial charge in [-0.15, -0.1) is 12.4 Å². The molecule has 0 aromatic carbocycles. The summed E-state index contributed by atoms with van der Waals surface area (Å²) < 4.78 is 9.43. The van der Waals surface area contributed by atoms with Crippen LogP contribution in [0.2, 0.25) is 0 Å². The molecule has 5 heteroatoms. The van der Waals surface area contributed by atoms with Crippen LogP contribution in [0.3, 0.4) is 0 Å². The summed E-state index contributed by atoms with van der Waals surface area (Å²) in [5, 5.41) is 0. The van der Waals surface area contributed by atoms with Gasteiger partial charge in [-0.05, 0) is 6.92 Å². The van der Waals surface area contributed by atoms with Crippen LogP contribution < -0.4 is 5.73 Å². The van der Waals surface area contributed by atoms with E-state index in [4.69, 9.17) is 10.2 Å². The first-order valence-corrected chi connectivity index (χ1v) is 3.25. The maximum absolute atomic E-state index is 10.9. The SMILES string of the molecule is CCOC(=O)c1cc(N)co1.Cl. The van der Waals surface area contributed by atoms with Crippen molar-refractivity contribution in [1.82, 2.24) is 0 Å². The van der Waals surface area contributed by atoms with Crippen LogP contribution in [0.1, 0.15) is 17.5 Å². The monoisotopic (exact) mass is 191 g/mol. The largest absolute Gasteiger partial charge is 0.460 e. The van der Waals surface area contributed by atoms with E-state index in [0.717, 1.165) is 0 Å². The van der Waals surface area contributed by atoms with Gasteiger partial charge in [-0.25, -0.2) is 4.79 Å². The van der Waals surface area contributed by atoms with E-state index < -0.39 is 5.97 Å². The highest BCUT2D eigenvalue weighted by Crippen LogP contribution is 2.09. The summed E-state index contributed by atoms with van der Waals surface area (Å²) in [5.74, 6) is -0.339. The van der Waals surface area contributed by atoms with Crippen molar-refractivity contribution in [3.8, 4) is 0 Å². The number of hydrogen-bond acceptors (Lipinski definition) is 4. The lowest BCUT2D eigenvalue weighted by Crippen LogP contribution is -2.02. The summed E-state index contributed by atoms with van der Waals surface area (Å²) in [5.41, 5.74) is 5.74. The van der Waals surface area contributed by atoms with E-state index in [1.807, 2.05) is 0 Å². The third-order valence-electron chi connectivity index (χ3n) is 1.10. The number of halogens is 1. The highest BCUT2D eigenvalue weighted by atomic mass is 35.5. The Hall–Kier alpha value is -1.16. The first kappa shape index (κ1) is 10.8. The second kappa shape index (κ2) is 4.66. The predicted octanol–water partition coefficient (Wildman–Crippen LogP) is 1.46. The van der Waals surface area contributed by atoms with Crippen LogP contribution in [0.4, 0.5) is 5.69 Å². The fourth-order valence-electron chi connectivity index (χ4n) is 0.660. The molecule has 1 rings (SSSR count). The van der Waals surface area contributed by atoms with Gasteiger partial charge in [0.05, 0.1) is 12.3 Å². The molecular formula is C7H10ClNO3. The zero-order valence-electron chi connectivity index (χ0n) is 6.57. The molecule has 2 N–H and O–H groups in total. The number of carbonyl (C=O) groups is 1. The van der Waals surface area contributed by atoms with E-state index in [1.54, 1.807) is 6.92 Å². The number of esters is 1. The molecule has 0 aliphatic rings. The van der Waals surface area contributed by atoms with Crippen LogP contribution in [0, 0.1) is 0 Å². The minimum Gasteiger partial charge on any atom is -0.460 e. The standard InChI is InChI=1S/C7H9NO3.ClH/c1-2-10-7(9)6-3-5(8)4-11-6;/h3-4H,2,8H2,1H3;1H. The van der Waals surface area contributed by atoms with E-state index in [0.29, 0.717) is 12.3 Å². The van der Waals surface area contributed by atoms with E-state index in [2.05, 4.69) is 4.74 Å². The molecule has 0 radical (unpaired) electrons. The summed E-state index contributed by atoms with van der Waals surface area (Å²) in [4.78, 5) is 10.9. The Morgan fingerprint density at radius 2 is 2.42 bits per heavy atom. The molecule has 0 saturated heterocycles. The third-order valence-corrected chi connectivity index (χ3v) is 1.10. The Kier molecular flexibility index (Phi) is 4.21. The quantitative estimate of drug-likeness (QED) is 0.719. The van der Waals surface area contributed by atoms with Crippen molar-refractivity contribution in [3.63, 3.8) is 0 Å². The average molecular weight is 192 g/mol. The van der Waals surface area contributed by atoms with Crippen molar-refractivity contribution in [1.29, 1.82) is 0 Å². The van der Waals surface area contributed by atoms with Crippen molar-refractivity contribution in [2.24, 2.45) is 0 Å². The lowest BCUT2D eigenvalue weighted by atomic mass is 10.4.